The van der Waals surface area contributed by atoms with E-state index in [0.717, 1.165) is 0 Å². The number of rotatable bonds is 2. The molecule has 0 aliphatic carbocycles. The Morgan fingerprint density at radius 1 is 1.54 bits per heavy atom. The van der Waals surface area contributed by atoms with Crippen LogP contribution in [-0.4, -0.2) is 4.92 Å². The summed E-state index contributed by atoms with van der Waals surface area (Å²) in [6.45, 7) is 0. The summed E-state index contributed by atoms with van der Waals surface area (Å²) in [5.74, 6) is 4.88. The van der Waals surface area contributed by atoms with E-state index in [2.05, 4.69) is 20.8 Å². The molecule has 0 spiro atoms. The van der Waals surface area contributed by atoms with Crippen LogP contribution in [0.4, 0.5) is 5.69 Å². The summed E-state index contributed by atoms with van der Waals surface area (Å²) in [5, 5.41) is 10.4. The minimum absolute atomic E-state index is 0. The molecule has 7 heteroatoms. The Balaban J connectivity index is 0.00000144. The van der Waals surface area contributed by atoms with Gasteiger partial charge in [0.15, 0.2) is 0 Å². The first-order chi connectivity index (χ1) is 5.66. The van der Waals surface area contributed by atoms with Gasteiger partial charge in [-0.2, -0.15) is 5.90 Å². The van der Waals surface area contributed by atoms with Gasteiger partial charge in [-0.15, -0.1) is 12.4 Å². The molecule has 0 radical (unpaired) electrons. The van der Waals surface area contributed by atoms with Crippen molar-refractivity contribution in [2.45, 2.75) is 0 Å². The molecule has 2 N–H and O–H groups in total. The molecule has 13 heavy (non-hydrogen) atoms. The van der Waals surface area contributed by atoms with E-state index in [1.54, 1.807) is 6.07 Å². The highest BCUT2D eigenvalue weighted by Gasteiger charge is 2.16. The van der Waals surface area contributed by atoms with Gasteiger partial charge < -0.3 is 4.84 Å². The molecule has 0 bridgehead atoms. The molecule has 0 aliphatic heterocycles. The number of hydrogen-bond donors (Lipinski definition) is 1. The Hall–Kier alpha value is -0.850. The van der Waals surface area contributed by atoms with E-state index in [4.69, 9.17) is 5.90 Å². The molecule has 0 saturated heterocycles. The van der Waals surface area contributed by atoms with Crippen LogP contribution < -0.4 is 10.7 Å². The molecular formula is C6H6BrClN2O3. The number of para-hydroxylation sites is 1. The molecule has 0 atom stereocenters. The van der Waals surface area contributed by atoms with Crippen LogP contribution in [-0.2, 0) is 0 Å². The van der Waals surface area contributed by atoms with Gasteiger partial charge in [0.1, 0.15) is 0 Å². The van der Waals surface area contributed by atoms with Crippen molar-refractivity contribution < 1.29 is 9.76 Å². The monoisotopic (exact) mass is 268 g/mol. The molecular weight excluding hydrogens is 263 g/mol. The van der Waals surface area contributed by atoms with E-state index in [1.807, 2.05) is 0 Å². The molecule has 1 aromatic rings. The summed E-state index contributed by atoms with van der Waals surface area (Å²) in [7, 11) is 0. The second kappa shape index (κ2) is 5.00. The largest absolute Gasteiger partial charge is 0.403 e. The topological polar surface area (TPSA) is 78.4 Å². The first-order valence-electron chi connectivity index (χ1n) is 2.96. The van der Waals surface area contributed by atoms with Crippen LogP contribution in [0.25, 0.3) is 0 Å². The fourth-order valence-corrected chi connectivity index (χ4v) is 1.21. The third kappa shape index (κ3) is 2.55. The van der Waals surface area contributed by atoms with Crippen molar-refractivity contribution in [1.29, 1.82) is 0 Å². The summed E-state index contributed by atoms with van der Waals surface area (Å²) >= 11 is 3.07. The highest BCUT2D eigenvalue weighted by molar-refractivity contribution is 9.10. The van der Waals surface area contributed by atoms with Crippen LogP contribution in [0.5, 0.6) is 5.75 Å². The molecule has 0 saturated carbocycles. The number of nitrogens with zero attached hydrogens (tertiary/aromatic N) is 1. The molecule has 1 rings (SSSR count). The molecule has 1 aromatic carbocycles. The molecule has 0 aromatic heterocycles. The lowest BCUT2D eigenvalue weighted by Crippen LogP contribution is -2.05. The zero-order valence-electron chi connectivity index (χ0n) is 6.27. The highest BCUT2D eigenvalue weighted by Crippen LogP contribution is 2.33. The fraction of sp³-hybridized carbons (Fsp3) is 0. The van der Waals surface area contributed by atoms with Gasteiger partial charge in [0.25, 0.3) is 0 Å². The van der Waals surface area contributed by atoms with Gasteiger partial charge in [-0.05, 0) is 22.0 Å². The van der Waals surface area contributed by atoms with Gasteiger partial charge in [-0.1, -0.05) is 6.07 Å². The number of benzene rings is 1. The van der Waals surface area contributed by atoms with Gasteiger partial charge in [0, 0.05) is 6.07 Å². The zero-order valence-corrected chi connectivity index (χ0v) is 8.67. The maximum atomic E-state index is 10.4. The third-order valence-electron chi connectivity index (χ3n) is 1.26. The Morgan fingerprint density at radius 3 is 2.54 bits per heavy atom. The highest BCUT2D eigenvalue weighted by atomic mass is 79.9. The van der Waals surface area contributed by atoms with Gasteiger partial charge >= 0.3 is 5.69 Å². The average Bonchev–Trinajstić information content (AvgIpc) is 2.03. The van der Waals surface area contributed by atoms with Crippen molar-refractivity contribution >= 4 is 34.0 Å². The lowest BCUT2D eigenvalue weighted by molar-refractivity contribution is -0.386. The minimum Gasteiger partial charge on any atom is -0.403 e. The van der Waals surface area contributed by atoms with E-state index in [0.29, 0.717) is 4.47 Å². The second-order valence-corrected chi connectivity index (χ2v) is 2.82. The second-order valence-electron chi connectivity index (χ2n) is 1.96. The minimum atomic E-state index is -0.563. The molecule has 0 unspecified atom stereocenters. The maximum absolute atomic E-state index is 10.4. The quantitative estimate of drug-likeness (QED) is 0.658. The predicted octanol–water partition coefficient (Wildman–Crippen LogP) is 2.03. The number of hydrogen-bond acceptors (Lipinski definition) is 4. The molecule has 0 amide bonds. The Labute approximate surface area is 88.5 Å². The number of nitro groups is 1. The maximum Gasteiger partial charge on any atom is 0.314 e. The van der Waals surface area contributed by atoms with Crippen molar-refractivity contribution in [3.63, 3.8) is 0 Å². The Bertz CT molecular complexity index is 321. The van der Waals surface area contributed by atoms with Gasteiger partial charge in [-0.3, -0.25) is 10.1 Å². The van der Waals surface area contributed by atoms with Crippen LogP contribution in [0.3, 0.4) is 0 Å². The van der Waals surface area contributed by atoms with Crippen LogP contribution in [0.2, 0.25) is 0 Å². The van der Waals surface area contributed by atoms with Gasteiger partial charge in [0.2, 0.25) is 5.75 Å². The summed E-state index contributed by atoms with van der Waals surface area (Å²) in [6.07, 6.45) is 0. The lowest BCUT2D eigenvalue weighted by Gasteiger charge is -2.01. The van der Waals surface area contributed by atoms with Crippen LogP contribution >= 0.6 is 28.3 Å². The number of nitro benzene ring substituents is 1. The SMILES string of the molecule is Cl.NOc1c(Br)cccc1[N+](=O)[O-]. The molecule has 5 nitrogen and oxygen atoms in total. The fourth-order valence-electron chi connectivity index (χ4n) is 0.758. The average molecular weight is 269 g/mol. The molecule has 0 fully saturated rings. The Morgan fingerprint density at radius 2 is 2.15 bits per heavy atom. The van der Waals surface area contributed by atoms with Crippen molar-refractivity contribution in [3.8, 4) is 5.75 Å². The smallest absolute Gasteiger partial charge is 0.314 e. The first kappa shape index (κ1) is 12.2. The van der Waals surface area contributed by atoms with Gasteiger partial charge in [-0.25, -0.2) is 0 Å². The summed E-state index contributed by atoms with van der Waals surface area (Å²) in [4.78, 5) is 14.2. The summed E-state index contributed by atoms with van der Waals surface area (Å²) in [5.41, 5.74) is -0.160. The van der Waals surface area contributed by atoms with Crippen molar-refractivity contribution in [2.75, 3.05) is 0 Å². The third-order valence-corrected chi connectivity index (χ3v) is 1.89. The molecule has 0 heterocycles. The van der Waals surface area contributed by atoms with Gasteiger partial charge in [0.05, 0.1) is 9.40 Å². The van der Waals surface area contributed by atoms with E-state index in [9.17, 15) is 10.1 Å². The van der Waals surface area contributed by atoms with Crippen molar-refractivity contribution in [3.05, 3.63) is 32.8 Å². The first-order valence-corrected chi connectivity index (χ1v) is 3.75. The number of halogens is 2. The van der Waals surface area contributed by atoms with E-state index in [1.165, 1.54) is 12.1 Å². The van der Waals surface area contributed by atoms with Crippen molar-refractivity contribution in [1.82, 2.24) is 0 Å². The summed E-state index contributed by atoms with van der Waals surface area (Å²) in [6, 6.07) is 4.45. The van der Waals surface area contributed by atoms with Crippen LogP contribution in [0.1, 0.15) is 0 Å². The van der Waals surface area contributed by atoms with E-state index >= 15 is 0 Å². The predicted molar refractivity (Wildman–Crippen MR) is 52.9 cm³/mol. The molecule has 72 valence electrons. The molecule has 0 aliphatic rings. The number of nitrogens with two attached hydrogens (primary N) is 1. The normalized spacial score (nSPS) is 8.77. The Kier molecular flexibility index (Phi) is 4.68. The summed E-state index contributed by atoms with van der Waals surface area (Å²) < 4.78 is 0.458. The standard InChI is InChI=1S/C6H5BrN2O3.ClH/c7-4-2-1-3-5(9(10)11)6(4)12-8;/h1-3H,8H2;1H. The van der Waals surface area contributed by atoms with Crippen LogP contribution in [0.15, 0.2) is 22.7 Å². The van der Waals surface area contributed by atoms with E-state index in [-0.39, 0.29) is 23.8 Å². The lowest BCUT2D eigenvalue weighted by atomic mass is 10.3. The zero-order chi connectivity index (χ0) is 9.14. The van der Waals surface area contributed by atoms with Crippen molar-refractivity contribution in [2.24, 2.45) is 5.90 Å². The van der Waals surface area contributed by atoms with E-state index < -0.39 is 4.92 Å². The van der Waals surface area contributed by atoms with Crippen LogP contribution in [0, 0.1) is 10.1 Å².